The van der Waals surface area contributed by atoms with Crippen molar-refractivity contribution in [2.45, 2.75) is 33.3 Å². The number of ether oxygens (including phenoxy) is 1. The maximum Gasteiger partial charge on any atom is 1.00 e. The predicted octanol–water partition coefficient (Wildman–Crippen LogP) is 1.42. The van der Waals surface area contributed by atoms with Crippen LogP contribution in [0.1, 0.15) is 40.9 Å². The first-order valence-electron chi connectivity index (χ1n) is 10.9. The largest absolute Gasteiger partial charge is 1.00 e. The molecule has 0 atom stereocenters. The number of aromatic nitrogens is 2. The number of Topliss-reactive ketones (excluding diaryl/α,β-unsaturated/α-hetero) is 1. The van der Waals surface area contributed by atoms with Gasteiger partial charge < -0.3 is 14.6 Å². The number of ketones is 1. The van der Waals surface area contributed by atoms with Gasteiger partial charge in [-0.25, -0.2) is 0 Å². The Morgan fingerprint density at radius 3 is 2.17 bits per heavy atom. The minimum atomic E-state index is -1.42. The Hall–Kier alpha value is -2.84. The van der Waals surface area contributed by atoms with E-state index >= 15 is 0 Å². The van der Waals surface area contributed by atoms with Gasteiger partial charge in [-0.15, -0.1) is 0 Å². The van der Waals surface area contributed by atoms with Crippen LogP contribution in [0.2, 0.25) is 0 Å². The normalized spacial score (nSPS) is 11.7. The van der Waals surface area contributed by atoms with Crippen LogP contribution in [-0.2, 0) is 11.2 Å². The molecule has 0 fully saturated rings. The second-order valence-corrected chi connectivity index (χ2v) is 8.82. The molecular formula is C27H23N2NaO4S. The van der Waals surface area contributed by atoms with Crippen LogP contribution in [-0.4, -0.2) is 26.6 Å². The molecule has 0 aliphatic carbocycles. The number of nitrogens with zero attached hydrogens (tertiary/aromatic N) is 2. The van der Waals surface area contributed by atoms with Gasteiger partial charge in [0.1, 0.15) is 16.8 Å². The van der Waals surface area contributed by atoms with Crippen LogP contribution in [0.4, 0.5) is 0 Å². The van der Waals surface area contributed by atoms with Crippen LogP contribution >= 0.6 is 11.7 Å². The number of carboxylic acid groups (broad SMARTS) is 1. The van der Waals surface area contributed by atoms with E-state index in [1.807, 2.05) is 45.0 Å². The van der Waals surface area contributed by atoms with Crippen LogP contribution in [0, 0.1) is 6.92 Å². The summed E-state index contributed by atoms with van der Waals surface area (Å²) in [5.41, 5.74) is 3.85. The molecule has 0 aliphatic heterocycles. The SMILES string of the molecule is Cc1ccc(C/C(C(=O)c2ccc(OC(C)C)cc2)=C(\C(=O)[O-])c2ccc3nsnc3c2)cc1.[Na+]. The number of carboxylic acids is 1. The van der Waals surface area contributed by atoms with Crippen molar-refractivity contribution in [3.05, 3.63) is 94.6 Å². The predicted molar refractivity (Wildman–Crippen MR) is 131 cm³/mol. The number of carbonyl (C=O) groups is 2. The minimum Gasteiger partial charge on any atom is -0.545 e. The number of rotatable bonds is 8. The smallest absolute Gasteiger partial charge is 0.545 e. The quantitative estimate of drug-likeness (QED) is 0.209. The summed E-state index contributed by atoms with van der Waals surface area (Å²) in [7, 11) is 0. The van der Waals surface area contributed by atoms with Crippen LogP contribution in [0.3, 0.4) is 0 Å². The van der Waals surface area contributed by atoms with Gasteiger partial charge in [0.05, 0.1) is 23.8 Å². The number of fused-ring (bicyclic) bond motifs is 1. The number of aryl methyl sites for hydroxylation is 1. The molecule has 0 radical (unpaired) electrons. The molecule has 0 spiro atoms. The molecule has 6 nitrogen and oxygen atoms in total. The standard InChI is InChI=1S/C27H24N2O4S.Na/c1-16(2)33-21-11-8-19(9-12-21)26(30)22(14-18-6-4-17(3)5-7-18)25(27(31)32)20-10-13-23-24(15-20)29-34-28-23;/h4-13,15-16H,14H2,1-3H3,(H,31,32);/q;+1/p-1/b25-22+;. The Labute approximate surface area is 230 Å². The summed E-state index contributed by atoms with van der Waals surface area (Å²) in [6, 6.07) is 19.3. The Morgan fingerprint density at radius 1 is 0.914 bits per heavy atom. The van der Waals surface area contributed by atoms with Crippen molar-refractivity contribution >= 4 is 40.1 Å². The molecule has 1 aromatic heterocycles. The molecule has 0 saturated carbocycles. The number of allylic oxidation sites excluding steroid dienone is 1. The van der Waals surface area contributed by atoms with Gasteiger partial charge in [0.15, 0.2) is 5.78 Å². The number of benzene rings is 3. The topological polar surface area (TPSA) is 92.2 Å². The molecule has 0 N–H and O–H groups in total. The number of carbonyl (C=O) groups excluding carboxylic acids is 2. The fraction of sp³-hybridized carbons (Fsp3) is 0.185. The molecule has 4 rings (SSSR count). The first-order valence-corrected chi connectivity index (χ1v) is 11.6. The second kappa shape index (κ2) is 11.7. The maximum absolute atomic E-state index is 13.7. The molecule has 0 aliphatic rings. The average Bonchev–Trinajstić information content (AvgIpc) is 3.27. The van der Waals surface area contributed by atoms with Gasteiger partial charge in [0, 0.05) is 23.1 Å². The Balaban J connectivity index is 0.00000342. The molecular weight excluding hydrogens is 471 g/mol. The van der Waals surface area contributed by atoms with E-state index in [1.165, 1.54) is 0 Å². The zero-order valence-electron chi connectivity index (χ0n) is 20.1. The molecule has 3 aromatic carbocycles. The summed E-state index contributed by atoms with van der Waals surface area (Å²) in [6.07, 6.45) is 0.137. The third kappa shape index (κ3) is 6.44. The third-order valence-electron chi connectivity index (χ3n) is 5.31. The fourth-order valence-corrected chi connectivity index (χ4v) is 4.19. The van der Waals surface area contributed by atoms with Gasteiger partial charge in [0.25, 0.3) is 0 Å². The van der Waals surface area contributed by atoms with E-state index in [-0.39, 0.29) is 59.0 Å². The Kier molecular flexibility index (Phi) is 8.97. The second-order valence-electron chi connectivity index (χ2n) is 8.29. The summed E-state index contributed by atoms with van der Waals surface area (Å²) in [5, 5.41) is 12.4. The first-order chi connectivity index (χ1) is 16.3. The van der Waals surface area contributed by atoms with Crippen molar-refractivity contribution in [1.82, 2.24) is 8.75 Å². The van der Waals surface area contributed by atoms with E-state index in [2.05, 4.69) is 8.75 Å². The van der Waals surface area contributed by atoms with Gasteiger partial charge in [-0.1, -0.05) is 35.9 Å². The zero-order valence-corrected chi connectivity index (χ0v) is 22.9. The molecule has 0 saturated heterocycles. The summed E-state index contributed by atoms with van der Waals surface area (Å²) in [4.78, 5) is 26.1. The molecule has 172 valence electrons. The van der Waals surface area contributed by atoms with Gasteiger partial charge in [-0.05, 0) is 68.3 Å². The van der Waals surface area contributed by atoms with Gasteiger partial charge >= 0.3 is 29.6 Å². The fourth-order valence-electron chi connectivity index (χ4n) is 3.68. The van der Waals surface area contributed by atoms with Crippen molar-refractivity contribution in [2.75, 3.05) is 0 Å². The van der Waals surface area contributed by atoms with Crippen LogP contribution in [0.5, 0.6) is 5.75 Å². The summed E-state index contributed by atoms with van der Waals surface area (Å²) < 4.78 is 14.0. The molecule has 0 bridgehead atoms. The Morgan fingerprint density at radius 2 is 1.54 bits per heavy atom. The number of hydrogen-bond donors (Lipinski definition) is 0. The first kappa shape index (κ1) is 26.8. The van der Waals surface area contributed by atoms with E-state index < -0.39 is 5.97 Å². The van der Waals surface area contributed by atoms with Crippen LogP contribution < -0.4 is 39.4 Å². The molecule has 8 heteroatoms. The number of hydrogen-bond acceptors (Lipinski definition) is 7. The van der Waals surface area contributed by atoms with Crippen LogP contribution in [0.15, 0.2) is 72.3 Å². The van der Waals surface area contributed by atoms with Crippen molar-refractivity contribution < 1.29 is 49.0 Å². The molecule has 4 aromatic rings. The van der Waals surface area contributed by atoms with Gasteiger partial charge in [-0.3, -0.25) is 4.79 Å². The van der Waals surface area contributed by atoms with E-state index in [1.54, 1.807) is 42.5 Å². The van der Waals surface area contributed by atoms with E-state index in [0.29, 0.717) is 27.9 Å². The summed E-state index contributed by atoms with van der Waals surface area (Å²) >= 11 is 1.04. The minimum absolute atomic E-state index is 0. The van der Waals surface area contributed by atoms with Gasteiger partial charge in [0.2, 0.25) is 0 Å². The zero-order chi connectivity index (χ0) is 24.2. The van der Waals surface area contributed by atoms with Crippen molar-refractivity contribution in [3.8, 4) is 5.75 Å². The molecule has 35 heavy (non-hydrogen) atoms. The average molecular weight is 495 g/mol. The van der Waals surface area contributed by atoms with Gasteiger partial charge in [-0.2, -0.15) is 8.75 Å². The molecule has 0 amide bonds. The van der Waals surface area contributed by atoms with Crippen molar-refractivity contribution in [1.29, 1.82) is 0 Å². The summed E-state index contributed by atoms with van der Waals surface area (Å²) in [6.45, 7) is 5.81. The van der Waals surface area contributed by atoms with E-state index in [4.69, 9.17) is 4.74 Å². The van der Waals surface area contributed by atoms with Crippen molar-refractivity contribution in [2.24, 2.45) is 0 Å². The van der Waals surface area contributed by atoms with Crippen molar-refractivity contribution in [3.63, 3.8) is 0 Å². The van der Waals surface area contributed by atoms with Crippen LogP contribution in [0.25, 0.3) is 16.6 Å². The summed E-state index contributed by atoms with van der Waals surface area (Å²) in [5.74, 6) is -1.16. The Bertz CT molecular complexity index is 1380. The number of aliphatic carboxylic acids is 1. The van der Waals surface area contributed by atoms with E-state index in [9.17, 15) is 14.7 Å². The molecule has 0 unspecified atom stereocenters. The third-order valence-corrected chi connectivity index (χ3v) is 5.87. The van der Waals surface area contributed by atoms with E-state index in [0.717, 1.165) is 22.9 Å². The monoisotopic (exact) mass is 494 g/mol. The molecule has 1 heterocycles. The maximum atomic E-state index is 13.7.